The van der Waals surface area contributed by atoms with Gasteiger partial charge in [-0.05, 0) is 18.2 Å². The van der Waals surface area contributed by atoms with Crippen LogP contribution < -0.4 is 4.72 Å². The summed E-state index contributed by atoms with van der Waals surface area (Å²) in [6.45, 7) is 0.541. The van der Waals surface area contributed by atoms with Crippen LogP contribution in [-0.2, 0) is 22.4 Å². The average molecular weight is 306 g/mol. The Bertz CT molecular complexity index is 699. The second kappa shape index (κ2) is 5.44. The summed E-state index contributed by atoms with van der Waals surface area (Å²) in [6.07, 6.45) is 1.08. The average Bonchev–Trinajstić information content (AvgIpc) is 2.65. The number of nitrogens with zero attached hydrogens (tertiary/aromatic N) is 2. The normalized spacial score (nSPS) is 12.2. The molecule has 0 bridgehead atoms. The molecule has 0 aliphatic heterocycles. The minimum absolute atomic E-state index is 0.176. The fraction of sp³-hybridized carbons (Fsp3) is 0.364. The largest absolute Gasteiger partial charge is 0.326 e. The molecule has 1 heterocycles. The topological polar surface area (TPSA) is 64.0 Å². The summed E-state index contributed by atoms with van der Waals surface area (Å²) in [5.41, 5.74) is 1.24. The monoisotopic (exact) mass is 305 g/mol. The zero-order valence-electron chi connectivity index (χ0n) is 10.2. The highest BCUT2D eigenvalue weighted by molar-refractivity contribution is 7.88. The zero-order chi connectivity index (χ0) is 14.0. The highest BCUT2D eigenvalue weighted by Crippen LogP contribution is 2.18. The molecule has 1 aromatic heterocycles. The Balaban J connectivity index is 2.32. The lowest BCUT2D eigenvalue weighted by molar-refractivity contribution is 0.578. The Morgan fingerprint density at radius 1 is 1.47 bits per heavy atom. The summed E-state index contributed by atoms with van der Waals surface area (Å²) in [7, 11) is -3.25. The minimum Gasteiger partial charge on any atom is -0.326 e. The first kappa shape index (κ1) is 14.2. The van der Waals surface area contributed by atoms with Gasteiger partial charge in [0.2, 0.25) is 10.0 Å². The van der Waals surface area contributed by atoms with E-state index in [4.69, 9.17) is 11.6 Å². The van der Waals surface area contributed by atoms with Crippen LogP contribution in [0.3, 0.4) is 0 Å². The van der Waals surface area contributed by atoms with Gasteiger partial charge >= 0.3 is 0 Å². The maximum atomic E-state index is 13.3. The molecule has 0 saturated carbocycles. The predicted octanol–water partition coefficient (Wildman–Crippen LogP) is 1.46. The lowest BCUT2D eigenvalue weighted by atomic mass is 10.3. The number of hydrogen-bond donors (Lipinski definition) is 1. The first-order valence-electron chi connectivity index (χ1n) is 5.56. The predicted molar refractivity (Wildman–Crippen MR) is 72.1 cm³/mol. The molecule has 2 rings (SSSR count). The molecule has 8 heteroatoms. The van der Waals surface area contributed by atoms with Gasteiger partial charge in [-0.25, -0.2) is 22.5 Å². The summed E-state index contributed by atoms with van der Waals surface area (Å²) in [6, 6.07) is 4.26. The molecule has 0 fully saturated rings. The van der Waals surface area contributed by atoms with E-state index in [1.165, 1.54) is 12.1 Å². The van der Waals surface area contributed by atoms with E-state index in [1.807, 2.05) is 0 Å². The van der Waals surface area contributed by atoms with Gasteiger partial charge in [0.1, 0.15) is 11.6 Å². The molecule has 1 aromatic carbocycles. The van der Waals surface area contributed by atoms with E-state index in [1.54, 1.807) is 10.6 Å². The minimum atomic E-state index is -3.25. The number of halogens is 2. The van der Waals surface area contributed by atoms with Crippen molar-refractivity contribution < 1.29 is 12.8 Å². The molecular formula is C11H13ClFN3O2S. The van der Waals surface area contributed by atoms with Crippen LogP contribution >= 0.6 is 11.6 Å². The Morgan fingerprint density at radius 3 is 2.84 bits per heavy atom. The number of alkyl halides is 1. The second-order valence-corrected chi connectivity index (χ2v) is 6.21. The number of nitrogens with one attached hydrogen (secondary N) is 1. The SMILES string of the molecule is CS(=O)(=O)NCCn1c(CCl)nc2ccc(F)cc21. The smallest absolute Gasteiger partial charge is 0.208 e. The summed E-state index contributed by atoms with van der Waals surface area (Å²) in [5, 5.41) is 0. The van der Waals surface area contributed by atoms with Crippen molar-refractivity contribution in [2.75, 3.05) is 12.8 Å². The Labute approximate surface area is 115 Å². The van der Waals surface area contributed by atoms with Gasteiger partial charge in [-0.1, -0.05) is 0 Å². The fourth-order valence-corrected chi connectivity index (χ4v) is 2.51. The van der Waals surface area contributed by atoms with Gasteiger partial charge in [0, 0.05) is 13.1 Å². The van der Waals surface area contributed by atoms with Crippen LogP contribution in [0.15, 0.2) is 18.2 Å². The highest BCUT2D eigenvalue weighted by atomic mass is 35.5. The quantitative estimate of drug-likeness (QED) is 0.851. The number of aromatic nitrogens is 2. The molecule has 5 nitrogen and oxygen atoms in total. The van der Waals surface area contributed by atoms with E-state index in [9.17, 15) is 12.8 Å². The van der Waals surface area contributed by atoms with Crippen molar-refractivity contribution >= 4 is 32.7 Å². The van der Waals surface area contributed by atoms with E-state index in [2.05, 4.69) is 9.71 Å². The van der Waals surface area contributed by atoms with Crippen LogP contribution in [0.4, 0.5) is 4.39 Å². The van der Waals surface area contributed by atoms with Gasteiger partial charge in [-0.15, -0.1) is 11.6 Å². The maximum absolute atomic E-state index is 13.3. The fourth-order valence-electron chi connectivity index (χ4n) is 1.84. The van der Waals surface area contributed by atoms with E-state index in [0.717, 1.165) is 6.26 Å². The van der Waals surface area contributed by atoms with Gasteiger partial charge in [0.05, 0.1) is 23.2 Å². The van der Waals surface area contributed by atoms with Crippen molar-refractivity contribution in [3.05, 3.63) is 29.8 Å². The van der Waals surface area contributed by atoms with Crippen molar-refractivity contribution in [2.45, 2.75) is 12.4 Å². The Hall–Kier alpha value is -1.18. The van der Waals surface area contributed by atoms with Crippen LogP contribution in [0.2, 0.25) is 0 Å². The highest BCUT2D eigenvalue weighted by Gasteiger charge is 2.11. The van der Waals surface area contributed by atoms with E-state index in [-0.39, 0.29) is 18.2 Å². The third-order valence-corrected chi connectivity index (χ3v) is 3.58. The summed E-state index contributed by atoms with van der Waals surface area (Å²) >= 11 is 5.80. The molecule has 0 unspecified atom stereocenters. The number of benzene rings is 1. The van der Waals surface area contributed by atoms with Crippen LogP contribution in [0, 0.1) is 5.82 Å². The van der Waals surface area contributed by atoms with E-state index < -0.39 is 10.0 Å². The zero-order valence-corrected chi connectivity index (χ0v) is 11.8. The number of hydrogen-bond acceptors (Lipinski definition) is 3. The molecule has 0 aliphatic carbocycles. The molecule has 2 aromatic rings. The van der Waals surface area contributed by atoms with Crippen LogP contribution in [0.1, 0.15) is 5.82 Å². The first-order valence-corrected chi connectivity index (χ1v) is 7.98. The number of fused-ring (bicyclic) bond motifs is 1. The van der Waals surface area contributed by atoms with Crippen molar-refractivity contribution in [3.63, 3.8) is 0 Å². The summed E-state index contributed by atoms with van der Waals surface area (Å²) < 4.78 is 39.4. The second-order valence-electron chi connectivity index (χ2n) is 4.11. The molecular weight excluding hydrogens is 293 g/mol. The van der Waals surface area contributed by atoms with E-state index in [0.29, 0.717) is 23.4 Å². The number of rotatable bonds is 5. The number of imidazole rings is 1. The molecule has 1 N–H and O–H groups in total. The molecule has 0 spiro atoms. The first-order chi connectivity index (χ1) is 8.90. The van der Waals surface area contributed by atoms with Crippen molar-refractivity contribution in [1.29, 1.82) is 0 Å². The molecule has 0 atom stereocenters. The Kier molecular flexibility index (Phi) is 4.07. The lowest BCUT2D eigenvalue weighted by Gasteiger charge is -2.08. The van der Waals surface area contributed by atoms with Gasteiger partial charge in [0.25, 0.3) is 0 Å². The summed E-state index contributed by atoms with van der Waals surface area (Å²) in [4.78, 5) is 4.27. The molecule has 0 amide bonds. The Morgan fingerprint density at radius 2 is 2.21 bits per heavy atom. The lowest BCUT2D eigenvalue weighted by Crippen LogP contribution is -2.26. The van der Waals surface area contributed by atoms with Gasteiger partial charge in [-0.2, -0.15) is 0 Å². The molecule has 0 aliphatic rings. The maximum Gasteiger partial charge on any atom is 0.208 e. The molecule has 0 saturated heterocycles. The van der Waals surface area contributed by atoms with Crippen LogP contribution in [-0.4, -0.2) is 30.8 Å². The third-order valence-electron chi connectivity index (χ3n) is 2.61. The van der Waals surface area contributed by atoms with Crippen LogP contribution in [0.25, 0.3) is 11.0 Å². The van der Waals surface area contributed by atoms with Gasteiger partial charge in [0.15, 0.2) is 0 Å². The standard InChI is InChI=1S/C11H13ClFN3O2S/c1-19(17,18)14-4-5-16-10-6-8(13)2-3-9(10)15-11(16)7-12/h2-3,6,14H,4-5,7H2,1H3. The van der Waals surface area contributed by atoms with Crippen molar-refractivity contribution in [2.24, 2.45) is 0 Å². The van der Waals surface area contributed by atoms with Gasteiger partial charge < -0.3 is 4.57 Å². The third kappa shape index (κ3) is 3.43. The van der Waals surface area contributed by atoms with Gasteiger partial charge in [-0.3, -0.25) is 0 Å². The van der Waals surface area contributed by atoms with Crippen LogP contribution in [0.5, 0.6) is 0 Å². The molecule has 0 radical (unpaired) electrons. The summed E-state index contributed by atoms with van der Waals surface area (Å²) in [5.74, 6) is 0.387. The van der Waals surface area contributed by atoms with Crippen molar-refractivity contribution in [3.8, 4) is 0 Å². The van der Waals surface area contributed by atoms with Crippen molar-refractivity contribution in [1.82, 2.24) is 14.3 Å². The molecule has 104 valence electrons. The number of sulfonamides is 1. The molecule has 19 heavy (non-hydrogen) atoms. The van der Waals surface area contributed by atoms with E-state index >= 15 is 0 Å².